The van der Waals surface area contributed by atoms with Crippen molar-refractivity contribution < 1.29 is 23.1 Å². The molecule has 0 aliphatic carbocycles. The Morgan fingerprint density at radius 1 is 1.19 bits per heavy atom. The molecule has 2 aromatic carbocycles. The predicted molar refractivity (Wildman–Crippen MR) is 88.0 cm³/mol. The van der Waals surface area contributed by atoms with Crippen LogP contribution in [0.25, 0.3) is 11.0 Å². The van der Waals surface area contributed by atoms with E-state index in [0.717, 1.165) is 11.0 Å². The van der Waals surface area contributed by atoms with Gasteiger partial charge in [-0.2, -0.15) is 0 Å². The number of hydrogen-bond acceptors (Lipinski definition) is 3. The number of aliphatic hydroxyl groups is 1. The number of nitrogens with one attached hydrogen (secondary N) is 1. The van der Waals surface area contributed by atoms with Crippen LogP contribution in [0.2, 0.25) is 0 Å². The highest BCUT2D eigenvalue weighted by Crippen LogP contribution is 2.42. The zero-order valence-electron chi connectivity index (χ0n) is 13.4. The van der Waals surface area contributed by atoms with Gasteiger partial charge in [-0.3, -0.25) is 9.69 Å². The zero-order valence-corrected chi connectivity index (χ0v) is 13.4. The van der Waals surface area contributed by atoms with E-state index in [2.05, 4.69) is 9.97 Å². The summed E-state index contributed by atoms with van der Waals surface area (Å²) < 4.78 is 41.7. The van der Waals surface area contributed by atoms with E-state index in [1.165, 1.54) is 13.3 Å². The van der Waals surface area contributed by atoms with Gasteiger partial charge in [0.15, 0.2) is 17.4 Å². The van der Waals surface area contributed by atoms with Crippen LogP contribution in [0.4, 0.5) is 18.9 Å². The van der Waals surface area contributed by atoms with Crippen LogP contribution in [-0.2, 0) is 4.79 Å². The lowest BCUT2D eigenvalue weighted by atomic mass is 9.99. The maximum Gasteiger partial charge on any atom is 0.293 e. The fraction of sp³-hybridized carbons (Fsp3) is 0.111. The van der Waals surface area contributed by atoms with Crippen molar-refractivity contribution in [3.63, 3.8) is 0 Å². The van der Waals surface area contributed by atoms with E-state index in [1.807, 2.05) is 0 Å². The third-order valence-corrected chi connectivity index (χ3v) is 4.46. The van der Waals surface area contributed by atoms with Crippen LogP contribution in [0.5, 0.6) is 0 Å². The Morgan fingerprint density at radius 2 is 1.96 bits per heavy atom. The molecular formula is C18H12F3N3O2. The summed E-state index contributed by atoms with van der Waals surface area (Å²) in [6.07, 6.45) is 1.47. The van der Waals surface area contributed by atoms with E-state index < -0.39 is 35.2 Å². The predicted octanol–water partition coefficient (Wildman–Crippen LogP) is 3.90. The monoisotopic (exact) mass is 359 g/mol. The lowest BCUT2D eigenvalue weighted by Crippen LogP contribution is -2.30. The number of carbonyl (C=O) groups is 1. The van der Waals surface area contributed by atoms with Gasteiger partial charge in [0.05, 0.1) is 23.4 Å². The smallest absolute Gasteiger partial charge is 0.293 e. The van der Waals surface area contributed by atoms with Gasteiger partial charge in [-0.05, 0) is 31.2 Å². The largest absolute Gasteiger partial charge is 0.503 e. The molecule has 3 aromatic rings. The number of benzene rings is 2. The Hall–Kier alpha value is -3.29. The summed E-state index contributed by atoms with van der Waals surface area (Å²) in [7, 11) is 0. The molecule has 26 heavy (non-hydrogen) atoms. The highest BCUT2D eigenvalue weighted by molar-refractivity contribution is 6.09. The molecule has 4 rings (SSSR count). The molecule has 0 spiro atoms. The van der Waals surface area contributed by atoms with Crippen molar-refractivity contribution >= 4 is 22.6 Å². The minimum atomic E-state index is -1.37. The van der Waals surface area contributed by atoms with Crippen LogP contribution in [0.15, 0.2) is 48.0 Å². The van der Waals surface area contributed by atoms with Crippen LogP contribution in [0.1, 0.15) is 18.5 Å². The van der Waals surface area contributed by atoms with E-state index in [0.29, 0.717) is 22.8 Å². The Balaban J connectivity index is 1.91. The van der Waals surface area contributed by atoms with Gasteiger partial charge in [0.2, 0.25) is 0 Å². The van der Waals surface area contributed by atoms with E-state index in [4.69, 9.17) is 0 Å². The molecule has 0 fully saturated rings. The lowest BCUT2D eigenvalue weighted by molar-refractivity contribution is -0.117. The summed E-state index contributed by atoms with van der Waals surface area (Å²) in [4.78, 5) is 20.6. The number of aromatic nitrogens is 2. The number of nitrogens with zero attached hydrogens (tertiary/aromatic N) is 2. The van der Waals surface area contributed by atoms with Gasteiger partial charge in [0.25, 0.3) is 5.91 Å². The minimum absolute atomic E-state index is 0.0982. The SMILES string of the molecule is CC1=C(O)C(=O)N(c2ccc3[nH]cnc3c2)C1c1cc(F)cc(F)c1F. The number of aliphatic hydroxyl groups excluding tert-OH is 1. The van der Waals surface area contributed by atoms with Crippen LogP contribution in [0, 0.1) is 17.5 Å². The molecular weight excluding hydrogens is 347 g/mol. The second-order valence-corrected chi connectivity index (χ2v) is 6.00. The Morgan fingerprint density at radius 3 is 2.73 bits per heavy atom. The number of aromatic amines is 1. The molecule has 1 aromatic heterocycles. The van der Waals surface area contributed by atoms with Crippen molar-refractivity contribution in [2.24, 2.45) is 0 Å². The first kappa shape index (κ1) is 16.2. The maximum absolute atomic E-state index is 14.4. The normalized spacial score (nSPS) is 17.6. The van der Waals surface area contributed by atoms with Gasteiger partial charge >= 0.3 is 0 Å². The van der Waals surface area contributed by atoms with E-state index in [9.17, 15) is 23.1 Å². The van der Waals surface area contributed by atoms with Gasteiger partial charge in [0.1, 0.15) is 5.82 Å². The number of imidazole rings is 1. The lowest BCUT2D eigenvalue weighted by Gasteiger charge is -2.27. The molecule has 0 radical (unpaired) electrons. The van der Waals surface area contributed by atoms with Gasteiger partial charge < -0.3 is 10.1 Å². The number of amides is 1. The second-order valence-electron chi connectivity index (χ2n) is 6.00. The molecule has 0 saturated carbocycles. The number of fused-ring (bicyclic) bond motifs is 1. The van der Waals surface area contributed by atoms with Gasteiger partial charge in [-0.25, -0.2) is 18.2 Å². The summed E-state index contributed by atoms with van der Waals surface area (Å²) in [5.41, 5.74) is 1.30. The van der Waals surface area contributed by atoms with Crippen LogP contribution in [-0.4, -0.2) is 21.0 Å². The number of H-pyrrole nitrogens is 1. The number of hydrogen-bond donors (Lipinski definition) is 2. The number of anilines is 1. The molecule has 2 heterocycles. The third kappa shape index (κ3) is 2.26. The molecule has 132 valence electrons. The van der Waals surface area contributed by atoms with Gasteiger partial charge in [-0.1, -0.05) is 0 Å². The van der Waals surface area contributed by atoms with Crippen molar-refractivity contribution in [2.75, 3.05) is 4.90 Å². The first-order valence-corrected chi connectivity index (χ1v) is 7.69. The molecule has 1 atom stereocenters. The van der Waals surface area contributed by atoms with Crippen LogP contribution >= 0.6 is 0 Å². The average molecular weight is 359 g/mol. The van der Waals surface area contributed by atoms with Crippen molar-refractivity contribution in [1.82, 2.24) is 9.97 Å². The molecule has 1 aliphatic rings. The fourth-order valence-electron chi connectivity index (χ4n) is 3.21. The topological polar surface area (TPSA) is 69.2 Å². The zero-order chi connectivity index (χ0) is 18.6. The van der Waals surface area contributed by atoms with E-state index in [-0.39, 0.29) is 11.1 Å². The number of rotatable bonds is 2. The molecule has 2 N–H and O–H groups in total. The van der Waals surface area contributed by atoms with Crippen LogP contribution in [0.3, 0.4) is 0 Å². The molecule has 1 amide bonds. The second kappa shape index (κ2) is 5.62. The van der Waals surface area contributed by atoms with E-state index >= 15 is 0 Å². The van der Waals surface area contributed by atoms with E-state index in [1.54, 1.807) is 18.2 Å². The summed E-state index contributed by atoms with van der Waals surface area (Å²) in [5, 5.41) is 10.1. The highest BCUT2D eigenvalue weighted by Gasteiger charge is 2.41. The summed E-state index contributed by atoms with van der Waals surface area (Å²) in [6.45, 7) is 1.41. The van der Waals surface area contributed by atoms with Crippen molar-refractivity contribution in [3.8, 4) is 0 Å². The number of halogens is 3. The third-order valence-electron chi connectivity index (χ3n) is 4.46. The van der Waals surface area contributed by atoms with Crippen molar-refractivity contribution in [3.05, 3.63) is 71.0 Å². The Bertz CT molecular complexity index is 1090. The molecule has 0 bridgehead atoms. The molecule has 0 saturated heterocycles. The summed E-state index contributed by atoms with van der Waals surface area (Å²) >= 11 is 0. The van der Waals surface area contributed by atoms with Crippen molar-refractivity contribution in [1.29, 1.82) is 0 Å². The first-order valence-electron chi connectivity index (χ1n) is 7.69. The van der Waals surface area contributed by atoms with Gasteiger partial charge in [-0.15, -0.1) is 0 Å². The molecule has 1 aliphatic heterocycles. The summed E-state index contributed by atoms with van der Waals surface area (Å²) in [6, 6.07) is 4.87. The minimum Gasteiger partial charge on any atom is -0.503 e. The average Bonchev–Trinajstić information content (AvgIpc) is 3.16. The highest BCUT2D eigenvalue weighted by atomic mass is 19.2. The molecule has 5 nitrogen and oxygen atoms in total. The molecule has 1 unspecified atom stereocenters. The molecule has 8 heteroatoms. The standard InChI is InChI=1S/C18H12F3N3O2/c1-8-16(11-4-9(19)5-12(20)15(11)21)24(18(26)17(8)25)10-2-3-13-14(6-10)23-7-22-13/h2-7,16,25H,1H3,(H,22,23). The van der Waals surface area contributed by atoms with Gasteiger partial charge in [0, 0.05) is 22.9 Å². The Labute approximate surface area is 145 Å². The van der Waals surface area contributed by atoms with Crippen LogP contribution < -0.4 is 4.90 Å². The quantitative estimate of drug-likeness (QED) is 0.682. The summed E-state index contributed by atoms with van der Waals surface area (Å²) in [5.74, 6) is -4.99. The van der Waals surface area contributed by atoms with Crippen molar-refractivity contribution in [2.45, 2.75) is 13.0 Å². The first-order chi connectivity index (χ1) is 12.4. The maximum atomic E-state index is 14.4. The Kier molecular flexibility index (Phi) is 3.50. The number of carbonyl (C=O) groups excluding carboxylic acids is 1. The fourth-order valence-corrected chi connectivity index (χ4v) is 3.21.